The molecule has 1 aliphatic heterocycles. The van der Waals surface area contributed by atoms with Gasteiger partial charge in [0.2, 0.25) is 5.78 Å². The van der Waals surface area contributed by atoms with Crippen LogP contribution in [-0.2, 0) is 16.0 Å². The minimum Gasteiger partial charge on any atom is -0.490 e. The van der Waals surface area contributed by atoms with Crippen molar-refractivity contribution in [2.24, 2.45) is 0 Å². The molecule has 5 nitrogen and oxygen atoms in total. The van der Waals surface area contributed by atoms with Crippen molar-refractivity contribution in [3.05, 3.63) is 22.2 Å². The van der Waals surface area contributed by atoms with Crippen LogP contribution in [0.3, 0.4) is 0 Å². The first kappa shape index (κ1) is 12.9. The van der Waals surface area contributed by atoms with Crippen LogP contribution in [0.5, 0.6) is 11.5 Å². The van der Waals surface area contributed by atoms with Crippen LogP contribution in [0.25, 0.3) is 0 Å². The first-order valence-electron chi connectivity index (χ1n) is 5.42. The van der Waals surface area contributed by atoms with E-state index < -0.39 is 11.8 Å². The summed E-state index contributed by atoms with van der Waals surface area (Å²) in [5, 5.41) is 8.58. The van der Waals surface area contributed by atoms with E-state index in [2.05, 4.69) is 15.9 Å². The lowest BCUT2D eigenvalue weighted by atomic mass is 10.1. The lowest BCUT2D eigenvalue weighted by Crippen LogP contribution is -2.15. The number of ether oxygens (including phenoxy) is 2. The van der Waals surface area contributed by atoms with E-state index >= 15 is 0 Å². The van der Waals surface area contributed by atoms with Crippen molar-refractivity contribution in [1.29, 1.82) is 0 Å². The topological polar surface area (TPSA) is 72.8 Å². The normalized spacial score (nSPS) is 13.8. The van der Waals surface area contributed by atoms with Gasteiger partial charge >= 0.3 is 5.97 Å². The molecule has 0 saturated heterocycles. The molecule has 1 aliphatic rings. The van der Waals surface area contributed by atoms with Gasteiger partial charge in [-0.25, -0.2) is 4.79 Å². The van der Waals surface area contributed by atoms with Crippen LogP contribution in [0.15, 0.2) is 16.6 Å². The van der Waals surface area contributed by atoms with Gasteiger partial charge in [-0.15, -0.1) is 0 Å². The molecule has 0 aromatic heterocycles. The number of aliphatic carboxylic acids is 1. The van der Waals surface area contributed by atoms with Gasteiger partial charge in [-0.1, -0.05) is 0 Å². The molecule has 0 atom stereocenters. The largest absolute Gasteiger partial charge is 0.490 e. The molecule has 2 rings (SSSR count). The molecule has 0 saturated carbocycles. The molecule has 1 N–H and O–H groups in total. The van der Waals surface area contributed by atoms with Gasteiger partial charge in [0.25, 0.3) is 0 Å². The molecule has 0 radical (unpaired) electrons. The van der Waals surface area contributed by atoms with Crippen molar-refractivity contribution < 1.29 is 24.2 Å². The van der Waals surface area contributed by atoms with Gasteiger partial charge in [0.05, 0.1) is 17.7 Å². The van der Waals surface area contributed by atoms with Crippen LogP contribution in [0.2, 0.25) is 0 Å². The fourth-order valence-electron chi connectivity index (χ4n) is 1.65. The molecule has 18 heavy (non-hydrogen) atoms. The summed E-state index contributed by atoms with van der Waals surface area (Å²) in [6.07, 6.45) is 0.620. The first-order chi connectivity index (χ1) is 8.58. The number of hydrogen-bond donors (Lipinski definition) is 1. The second kappa shape index (κ2) is 5.39. The van der Waals surface area contributed by atoms with Crippen molar-refractivity contribution in [3.8, 4) is 11.5 Å². The van der Waals surface area contributed by atoms with Gasteiger partial charge < -0.3 is 14.6 Å². The second-order valence-electron chi connectivity index (χ2n) is 3.86. The molecular weight excluding hydrogens is 304 g/mol. The van der Waals surface area contributed by atoms with E-state index in [-0.39, 0.29) is 6.42 Å². The molecule has 1 aromatic rings. The van der Waals surface area contributed by atoms with E-state index in [9.17, 15) is 9.59 Å². The number of Topliss-reactive ketones (excluding diaryl/α,β-unsaturated/α-hetero) is 1. The van der Waals surface area contributed by atoms with E-state index in [1.54, 1.807) is 12.1 Å². The average Bonchev–Trinajstić information content (AvgIpc) is 2.54. The second-order valence-corrected chi connectivity index (χ2v) is 4.71. The van der Waals surface area contributed by atoms with Crippen LogP contribution < -0.4 is 9.47 Å². The van der Waals surface area contributed by atoms with Gasteiger partial charge in [0.15, 0.2) is 11.5 Å². The first-order valence-corrected chi connectivity index (χ1v) is 6.21. The number of carboxylic acid groups (broad SMARTS) is 1. The average molecular weight is 315 g/mol. The summed E-state index contributed by atoms with van der Waals surface area (Å²) >= 11 is 3.33. The Morgan fingerprint density at radius 1 is 1.28 bits per heavy atom. The highest BCUT2D eigenvalue weighted by Crippen LogP contribution is 2.38. The fourth-order valence-corrected chi connectivity index (χ4v) is 2.25. The summed E-state index contributed by atoms with van der Waals surface area (Å²) in [6, 6.07) is 3.32. The van der Waals surface area contributed by atoms with Crippen LogP contribution >= 0.6 is 15.9 Å². The monoisotopic (exact) mass is 314 g/mol. The lowest BCUT2D eigenvalue weighted by molar-refractivity contribution is -0.148. The number of halogens is 1. The lowest BCUT2D eigenvalue weighted by Gasteiger charge is -2.11. The number of ketones is 1. The van der Waals surface area contributed by atoms with E-state index in [4.69, 9.17) is 14.6 Å². The summed E-state index contributed by atoms with van der Waals surface area (Å²) in [5.41, 5.74) is 0.582. The predicted octanol–water partition coefficient (Wildman–Crippen LogP) is 1.81. The fraction of sp³-hybridized carbons (Fsp3) is 0.333. The maximum absolute atomic E-state index is 11.2. The van der Waals surface area contributed by atoms with Gasteiger partial charge in [-0.05, 0) is 33.6 Å². The number of carbonyl (C=O) groups is 2. The zero-order valence-electron chi connectivity index (χ0n) is 9.44. The van der Waals surface area contributed by atoms with Gasteiger partial charge in [-0.3, -0.25) is 4.79 Å². The summed E-state index contributed by atoms with van der Waals surface area (Å²) in [4.78, 5) is 21.7. The molecule has 0 unspecified atom stereocenters. The highest BCUT2D eigenvalue weighted by Gasteiger charge is 2.18. The van der Waals surface area contributed by atoms with Crippen molar-refractivity contribution in [3.63, 3.8) is 0 Å². The summed E-state index contributed by atoms with van der Waals surface area (Å²) in [7, 11) is 0. The molecule has 1 heterocycles. The third-order valence-corrected chi connectivity index (χ3v) is 3.05. The Kier molecular flexibility index (Phi) is 3.86. The Morgan fingerprint density at radius 3 is 2.72 bits per heavy atom. The minimum absolute atomic E-state index is 0.162. The van der Waals surface area contributed by atoms with Gasteiger partial charge in [0, 0.05) is 12.8 Å². The Morgan fingerprint density at radius 2 is 2.00 bits per heavy atom. The van der Waals surface area contributed by atoms with Crippen LogP contribution in [0.4, 0.5) is 0 Å². The van der Waals surface area contributed by atoms with Crippen molar-refractivity contribution >= 4 is 27.7 Å². The van der Waals surface area contributed by atoms with E-state index in [1.165, 1.54) is 0 Å². The summed E-state index contributed by atoms with van der Waals surface area (Å²) < 4.78 is 11.7. The SMILES string of the molecule is O=C(O)C(=O)Cc1cc(Br)c2c(c1)OCCCO2. The maximum Gasteiger partial charge on any atom is 0.372 e. The third-order valence-electron chi connectivity index (χ3n) is 2.47. The van der Waals surface area contributed by atoms with Gasteiger partial charge in [0.1, 0.15) is 0 Å². The van der Waals surface area contributed by atoms with Crippen LogP contribution in [0.1, 0.15) is 12.0 Å². The van der Waals surface area contributed by atoms with E-state index in [0.29, 0.717) is 34.7 Å². The Hall–Kier alpha value is -1.56. The molecule has 0 fully saturated rings. The predicted molar refractivity (Wildman–Crippen MR) is 66.1 cm³/mol. The van der Waals surface area contributed by atoms with E-state index in [1.807, 2.05) is 0 Å². The van der Waals surface area contributed by atoms with Crippen LogP contribution in [0, 0.1) is 0 Å². The summed E-state index contributed by atoms with van der Waals surface area (Å²) in [6.45, 7) is 1.11. The zero-order chi connectivity index (χ0) is 13.1. The Balaban J connectivity index is 2.29. The van der Waals surface area contributed by atoms with Crippen molar-refractivity contribution in [1.82, 2.24) is 0 Å². The molecule has 0 amide bonds. The highest BCUT2D eigenvalue weighted by atomic mass is 79.9. The van der Waals surface area contributed by atoms with E-state index in [0.717, 1.165) is 6.42 Å². The number of fused-ring (bicyclic) bond motifs is 1. The molecule has 0 spiro atoms. The summed E-state index contributed by atoms with van der Waals surface area (Å²) in [5.74, 6) is -1.15. The van der Waals surface area contributed by atoms with Crippen molar-refractivity contribution in [2.45, 2.75) is 12.8 Å². The molecule has 6 heteroatoms. The maximum atomic E-state index is 11.2. The van der Waals surface area contributed by atoms with Crippen LogP contribution in [-0.4, -0.2) is 30.1 Å². The molecule has 0 aliphatic carbocycles. The smallest absolute Gasteiger partial charge is 0.372 e. The standard InChI is InChI=1S/C12H11BrO5/c13-8-4-7(5-9(14)12(15)16)6-10-11(8)18-3-1-2-17-10/h4,6H,1-3,5H2,(H,15,16). The number of benzene rings is 1. The highest BCUT2D eigenvalue weighted by molar-refractivity contribution is 9.10. The molecule has 1 aromatic carbocycles. The Labute approximate surface area is 112 Å². The number of hydrogen-bond acceptors (Lipinski definition) is 4. The molecule has 96 valence electrons. The quantitative estimate of drug-likeness (QED) is 0.861. The van der Waals surface area contributed by atoms with Crippen molar-refractivity contribution in [2.75, 3.05) is 13.2 Å². The number of rotatable bonds is 3. The Bertz CT molecular complexity index is 497. The third kappa shape index (κ3) is 2.81. The minimum atomic E-state index is -1.43. The molecular formula is C12H11BrO5. The number of carboxylic acids is 1. The number of carbonyl (C=O) groups excluding carboxylic acids is 1. The zero-order valence-corrected chi connectivity index (χ0v) is 11.0. The van der Waals surface area contributed by atoms with Gasteiger partial charge in [-0.2, -0.15) is 0 Å². The molecule has 0 bridgehead atoms.